The van der Waals surface area contributed by atoms with E-state index in [2.05, 4.69) is 0 Å². The first-order valence-electron chi connectivity index (χ1n) is 6.40. The molecule has 2 aromatic rings. The van der Waals surface area contributed by atoms with Crippen molar-refractivity contribution in [3.8, 4) is 11.3 Å². The first-order chi connectivity index (χ1) is 9.50. The first kappa shape index (κ1) is 12.8. The molecule has 1 saturated carbocycles. The highest BCUT2D eigenvalue weighted by Gasteiger charge is 2.31. The predicted molar refractivity (Wildman–Crippen MR) is 69.8 cm³/mol. The molecule has 0 aliphatic heterocycles. The van der Waals surface area contributed by atoms with Crippen LogP contribution in [-0.2, 0) is 0 Å². The maximum absolute atomic E-state index is 14.2. The standard InChI is InChI=1S/C15H13F2NO2/c1-8-2-5-10(16)13(14(8)17)11-6-7-12(15(19)20)18(11)9-3-4-9/h2,5-7,9H,3-4H2,1H3,(H,19,20). The van der Waals surface area contributed by atoms with Crippen LogP contribution in [0.2, 0.25) is 0 Å². The van der Waals surface area contributed by atoms with Crippen LogP contribution in [0, 0.1) is 18.6 Å². The minimum Gasteiger partial charge on any atom is -0.477 e. The van der Waals surface area contributed by atoms with E-state index in [9.17, 15) is 18.7 Å². The SMILES string of the molecule is Cc1ccc(F)c(-c2ccc(C(=O)O)n2C2CC2)c1F. The molecule has 3 rings (SSSR count). The number of carboxylic acids is 1. The summed E-state index contributed by atoms with van der Waals surface area (Å²) in [4.78, 5) is 11.2. The summed E-state index contributed by atoms with van der Waals surface area (Å²) < 4.78 is 29.7. The molecular formula is C15H13F2NO2. The minimum absolute atomic E-state index is 0.0189. The highest BCUT2D eigenvalue weighted by atomic mass is 19.1. The molecule has 1 fully saturated rings. The molecule has 0 atom stereocenters. The van der Waals surface area contributed by atoms with Crippen LogP contribution in [-0.4, -0.2) is 15.6 Å². The van der Waals surface area contributed by atoms with Gasteiger partial charge in [-0.1, -0.05) is 6.07 Å². The smallest absolute Gasteiger partial charge is 0.352 e. The first-order valence-corrected chi connectivity index (χ1v) is 6.40. The number of hydrogen-bond acceptors (Lipinski definition) is 1. The largest absolute Gasteiger partial charge is 0.477 e. The Kier molecular flexibility index (Phi) is 2.85. The van der Waals surface area contributed by atoms with Crippen molar-refractivity contribution in [3.63, 3.8) is 0 Å². The van der Waals surface area contributed by atoms with E-state index < -0.39 is 17.6 Å². The third-order valence-electron chi connectivity index (χ3n) is 3.59. The molecule has 0 bridgehead atoms. The van der Waals surface area contributed by atoms with Gasteiger partial charge in [0.25, 0.3) is 0 Å². The highest BCUT2D eigenvalue weighted by molar-refractivity contribution is 5.88. The molecule has 0 spiro atoms. The van der Waals surface area contributed by atoms with E-state index in [0.717, 1.165) is 12.8 Å². The number of aromatic carboxylic acids is 1. The van der Waals surface area contributed by atoms with E-state index in [0.29, 0.717) is 11.3 Å². The molecule has 104 valence electrons. The topological polar surface area (TPSA) is 42.2 Å². The summed E-state index contributed by atoms with van der Waals surface area (Å²) in [5.41, 5.74) is 0.553. The Morgan fingerprint density at radius 1 is 1.25 bits per heavy atom. The van der Waals surface area contributed by atoms with Crippen molar-refractivity contribution in [1.29, 1.82) is 0 Å². The van der Waals surface area contributed by atoms with Crippen molar-refractivity contribution in [2.24, 2.45) is 0 Å². The van der Waals surface area contributed by atoms with Crippen LogP contribution in [0.25, 0.3) is 11.3 Å². The monoisotopic (exact) mass is 277 g/mol. The lowest BCUT2D eigenvalue weighted by atomic mass is 10.1. The Labute approximate surface area is 114 Å². The minimum atomic E-state index is -1.09. The lowest BCUT2D eigenvalue weighted by molar-refractivity contribution is 0.0685. The van der Waals surface area contributed by atoms with Crippen molar-refractivity contribution < 1.29 is 18.7 Å². The lowest BCUT2D eigenvalue weighted by Crippen LogP contribution is -2.09. The van der Waals surface area contributed by atoms with E-state index >= 15 is 0 Å². The van der Waals surface area contributed by atoms with Crippen molar-refractivity contribution in [3.05, 3.63) is 47.2 Å². The summed E-state index contributed by atoms with van der Waals surface area (Å²) in [5, 5.41) is 9.19. The number of hydrogen-bond donors (Lipinski definition) is 1. The zero-order valence-corrected chi connectivity index (χ0v) is 10.9. The van der Waals surface area contributed by atoms with Crippen molar-refractivity contribution in [2.45, 2.75) is 25.8 Å². The summed E-state index contributed by atoms with van der Waals surface area (Å²) >= 11 is 0. The molecule has 0 unspecified atom stereocenters. The molecule has 3 nitrogen and oxygen atoms in total. The van der Waals surface area contributed by atoms with Gasteiger partial charge in [0.1, 0.15) is 17.3 Å². The van der Waals surface area contributed by atoms with Gasteiger partial charge in [-0.15, -0.1) is 0 Å². The summed E-state index contributed by atoms with van der Waals surface area (Å²) in [6.07, 6.45) is 1.66. The number of carboxylic acid groups (broad SMARTS) is 1. The molecule has 1 aromatic carbocycles. The fourth-order valence-electron chi connectivity index (χ4n) is 2.44. The maximum Gasteiger partial charge on any atom is 0.352 e. The molecule has 0 amide bonds. The number of halogens is 2. The van der Waals surface area contributed by atoms with Crippen LogP contribution in [0.15, 0.2) is 24.3 Å². The molecule has 5 heteroatoms. The van der Waals surface area contributed by atoms with Crippen LogP contribution in [0.3, 0.4) is 0 Å². The second-order valence-corrected chi connectivity index (χ2v) is 5.06. The molecule has 20 heavy (non-hydrogen) atoms. The van der Waals surface area contributed by atoms with Crippen LogP contribution >= 0.6 is 0 Å². The fraction of sp³-hybridized carbons (Fsp3) is 0.267. The van der Waals surface area contributed by atoms with Crippen molar-refractivity contribution in [1.82, 2.24) is 4.57 Å². The number of benzene rings is 1. The highest BCUT2D eigenvalue weighted by Crippen LogP contribution is 2.41. The van der Waals surface area contributed by atoms with Gasteiger partial charge in [-0.3, -0.25) is 0 Å². The number of carbonyl (C=O) groups is 1. The second-order valence-electron chi connectivity index (χ2n) is 5.06. The maximum atomic E-state index is 14.2. The average Bonchev–Trinajstić information content (AvgIpc) is 3.14. The van der Waals surface area contributed by atoms with Gasteiger partial charge in [0, 0.05) is 6.04 Å². The Bertz CT molecular complexity index is 702. The Hall–Kier alpha value is -2.17. The van der Waals surface area contributed by atoms with Crippen LogP contribution < -0.4 is 0 Å². The summed E-state index contributed by atoms with van der Waals surface area (Å²) in [5.74, 6) is -2.40. The van der Waals surface area contributed by atoms with Crippen molar-refractivity contribution in [2.75, 3.05) is 0 Å². The van der Waals surface area contributed by atoms with Crippen LogP contribution in [0.4, 0.5) is 8.78 Å². The van der Waals surface area contributed by atoms with Gasteiger partial charge < -0.3 is 9.67 Å². The number of rotatable bonds is 3. The number of nitrogens with zero attached hydrogens (tertiary/aromatic N) is 1. The predicted octanol–water partition coefficient (Wildman–Crippen LogP) is 3.77. The van der Waals surface area contributed by atoms with Gasteiger partial charge in [-0.2, -0.15) is 0 Å². The molecule has 1 aliphatic rings. The quantitative estimate of drug-likeness (QED) is 0.927. The summed E-state index contributed by atoms with van der Waals surface area (Å²) in [6.45, 7) is 1.56. The van der Waals surface area contributed by atoms with Gasteiger partial charge in [-0.25, -0.2) is 13.6 Å². The Morgan fingerprint density at radius 2 is 1.95 bits per heavy atom. The van der Waals surface area contributed by atoms with E-state index in [1.165, 1.54) is 28.8 Å². The van der Waals surface area contributed by atoms with Gasteiger partial charge in [0.15, 0.2) is 0 Å². The van der Waals surface area contributed by atoms with Gasteiger partial charge in [-0.05, 0) is 43.5 Å². The van der Waals surface area contributed by atoms with Gasteiger partial charge in [0.05, 0.1) is 11.3 Å². The van der Waals surface area contributed by atoms with Gasteiger partial charge in [0.2, 0.25) is 0 Å². The number of aromatic nitrogens is 1. The normalized spacial score (nSPS) is 14.6. The Morgan fingerprint density at radius 3 is 2.55 bits per heavy atom. The average molecular weight is 277 g/mol. The van der Waals surface area contributed by atoms with E-state index in [-0.39, 0.29) is 17.3 Å². The van der Waals surface area contributed by atoms with E-state index in [1.54, 1.807) is 6.92 Å². The molecule has 1 aliphatic carbocycles. The lowest BCUT2D eigenvalue weighted by Gasteiger charge is -2.13. The Balaban J connectivity index is 2.26. The van der Waals surface area contributed by atoms with Gasteiger partial charge >= 0.3 is 5.97 Å². The third-order valence-corrected chi connectivity index (χ3v) is 3.59. The second kappa shape index (κ2) is 4.44. The summed E-state index contributed by atoms with van der Waals surface area (Å²) in [7, 11) is 0. The third kappa shape index (κ3) is 1.90. The molecule has 0 radical (unpaired) electrons. The molecule has 1 heterocycles. The molecule has 0 saturated heterocycles. The zero-order chi connectivity index (χ0) is 14.4. The van der Waals surface area contributed by atoms with E-state index in [4.69, 9.17) is 0 Å². The van der Waals surface area contributed by atoms with Crippen molar-refractivity contribution >= 4 is 5.97 Å². The van der Waals surface area contributed by atoms with Crippen LogP contribution in [0.1, 0.15) is 34.9 Å². The molecular weight excluding hydrogens is 264 g/mol. The zero-order valence-electron chi connectivity index (χ0n) is 10.9. The molecule has 1 N–H and O–H groups in total. The fourth-order valence-corrected chi connectivity index (χ4v) is 2.44. The van der Waals surface area contributed by atoms with Crippen LogP contribution in [0.5, 0.6) is 0 Å². The van der Waals surface area contributed by atoms with E-state index in [1.807, 2.05) is 0 Å². The summed E-state index contributed by atoms with van der Waals surface area (Å²) in [6, 6.07) is 5.47. The number of aryl methyl sites for hydroxylation is 1. The molecule has 1 aromatic heterocycles.